The van der Waals surface area contributed by atoms with E-state index in [-0.39, 0.29) is 12.2 Å². The van der Waals surface area contributed by atoms with Crippen molar-refractivity contribution in [3.8, 4) is 5.75 Å². The zero-order valence-electron chi connectivity index (χ0n) is 16.1. The van der Waals surface area contributed by atoms with Crippen LogP contribution in [0.1, 0.15) is 68.9 Å². The van der Waals surface area contributed by atoms with E-state index in [1.54, 1.807) is 12.1 Å². The van der Waals surface area contributed by atoms with Gasteiger partial charge in [0.25, 0.3) is 0 Å². The van der Waals surface area contributed by atoms with Crippen LogP contribution in [0.3, 0.4) is 0 Å². The Balaban J connectivity index is 1.56. The van der Waals surface area contributed by atoms with E-state index in [2.05, 4.69) is 6.92 Å². The van der Waals surface area contributed by atoms with Gasteiger partial charge in [-0.15, -0.1) is 0 Å². The second kappa shape index (κ2) is 9.44. The Morgan fingerprint density at radius 2 is 1.57 bits per heavy atom. The number of hydrogen-bond donors (Lipinski definition) is 0. The van der Waals surface area contributed by atoms with E-state index in [1.165, 1.54) is 50.5 Å². The van der Waals surface area contributed by atoms with E-state index in [0.29, 0.717) is 17.7 Å². The molecule has 0 bridgehead atoms. The van der Waals surface area contributed by atoms with Crippen molar-refractivity contribution in [1.29, 1.82) is 0 Å². The van der Waals surface area contributed by atoms with Crippen LogP contribution in [0, 0.1) is 29.2 Å². The molecule has 152 valence electrons. The summed E-state index contributed by atoms with van der Waals surface area (Å²) in [4.78, 5) is 0. The van der Waals surface area contributed by atoms with Gasteiger partial charge in [-0.3, -0.25) is 0 Å². The molecule has 1 saturated carbocycles. The molecule has 2 aromatic carbocycles. The third kappa shape index (κ3) is 4.86. The van der Waals surface area contributed by atoms with Gasteiger partial charge in [0.15, 0.2) is 23.3 Å². The molecule has 2 aromatic rings. The molecular formula is C23H26F4O. The van der Waals surface area contributed by atoms with Crippen LogP contribution in [0.4, 0.5) is 17.6 Å². The molecule has 5 heteroatoms. The Morgan fingerprint density at radius 1 is 0.893 bits per heavy atom. The summed E-state index contributed by atoms with van der Waals surface area (Å²) in [5.41, 5.74) is 0.900. The van der Waals surface area contributed by atoms with Crippen molar-refractivity contribution in [3.63, 3.8) is 0 Å². The highest BCUT2D eigenvalue weighted by Gasteiger charge is 2.22. The van der Waals surface area contributed by atoms with Crippen molar-refractivity contribution in [2.75, 3.05) is 0 Å². The summed E-state index contributed by atoms with van der Waals surface area (Å²) in [5, 5.41) is 0. The first-order valence-electron chi connectivity index (χ1n) is 10.0. The Labute approximate surface area is 163 Å². The van der Waals surface area contributed by atoms with Crippen LogP contribution in [0.15, 0.2) is 30.3 Å². The fourth-order valence-corrected chi connectivity index (χ4v) is 4.00. The number of benzene rings is 2. The molecule has 0 N–H and O–H groups in total. The van der Waals surface area contributed by atoms with Crippen LogP contribution in [0.25, 0.3) is 0 Å². The largest absolute Gasteiger partial charge is 0.489 e. The van der Waals surface area contributed by atoms with Crippen LogP contribution < -0.4 is 4.74 Å². The second-order valence-corrected chi connectivity index (χ2v) is 7.68. The number of hydrogen-bond acceptors (Lipinski definition) is 1. The van der Waals surface area contributed by atoms with Crippen LogP contribution in [0.2, 0.25) is 0 Å². The standard InChI is InChI=1S/C23H26F4O/c1-2-3-4-15-5-7-16(8-6-15)17-9-11-19(12-10-17)28-14-18-13-20(24)22(26)23(27)21(18)25/h9-13,15-16H,2-8,14H2,1H3/t15-,16-. The molecule has 1 aliphatic rings. The van der Waals surface area contributed by atoms with Gasteiger partial charge in [0.05, 0.1) is 0 Å². The maximum atomic E-state index is 13.7. The minimum atomic E-state index is -1.82. The maximum Gasteiger partial charge on any atom is 0.197 e. The maximum absolute atomic E-state index is 13.7. The van der Waals surface area contributed by atoms with E-state index >= 15 is 0 Å². The summed E-state index contributed by atoms with van der Waals surface area (Å²) < 4.78 is 58.7. The second-order valence-electron chi connectivity index (χ2n) is 7.68. The molecule has 0 unspecified atom stereocenters. The fraction of sp³-hybridized carbons (Fsp3) is 0.478. The lowest BCUT2D eigenvalue weighted by Gasteiger charge is -2.28. The van der Waals surface area contributed by atoms with Gasteiger partial charge in [-0.2, -0.15) is 0 Å². The topological polar surface area (TPSA) is 9.23 Å². The molecular weight excluding hydrogens is 368 g/mol. The van der Waals surface area contributed by atoms with Gasteiger partial charge in [0, 0.05) is 5.56 Å². The minimum absolute atomic E-state index is 0.356. The van der Waals surface area contributed by atoms with E-state index in [1.807, 2.05) is 12.1 Å². The van der Waals surface area contributed by atoms with E-state index in [4.69, 9.17) is 4.74 Å². The molecule has 0 atom stereocenters. The summed E-state index contributed by atoms with van der Waals surface area (Å²) in [6, 6.07) is 8.18. The molecule has 0 aliphatic heterocycles. The molecule has 0 heterocycles. The van der Waals surface area contributed by atoms with Gasteiger partial charge in [-0.1, -0.05) is 38.3 Å². The quantitative estimate of drug-likeness (QED) is 0.272. The Hall–Kier alpha value is -2.04. The molecule has 1 fully saturated rings. The van der Waals surface area contributed by atoms with Crippen molar-refractivity contribution >= 4 is 0 Å². The summed E-state index contributed by atoms with van der Waals surface area (Å²) >= 11 is 0. The molecule has 0 radical (unpaired) electrons. The first-order valence-corrected chi connectivity index (χ1v) is 10.0. The highest BCUT2D eigenvalue weighted by molar-refractivity contribution is 5.30. The third-order valence-electron chi connectivity index (χ3n) is 5.74. The predicted molar refractivity (Wildman–Crippen MR) is 101 cm³/mol. The van der Waals surface area contributed by atoms with Crippen LogP contribution in [-0.2, 0) is 6.61 Å². The zero-order chi connectivity index (χ0) is 20.1. The van der Waals surface area contributed by atoms with Gasteiger partial charge in [0.1, 0.15) is 12.4 Å². The lowest BCUT2D eigenvalue weighted by Crippen LogP contribution is -2.13. The molecule has 0 saturated heterocycles. The molecule has 0 aromatic heterocycles. The molecule has 0 spiro atoms. The average molecular weight is 394 g/mol. The first kappa shape index (κ1) is 20.7. The molecule has 1 aliphatic carbocycles. The predicted octanol–water partition coefficient (Wildman–Crippen LogP) is 7.29. The normalized spacial score (nSPS) is 19.6. The lowest BCUT2D eigenvalue weighted by atomic mass is 9.77. The Morgan fingerprint density at radius 3 is 2.21 bits per heavy atom. The van der Waals surface area contributed by atoms with Crippen molar-refractivity contribution < 1.29 is 22.3 Å². The Kier molecular flexibility index (Phi) is 6.97. The van der Waals surface area contributed by atoms with Gasteiger partial charge >= 0.3 is 0 Å². The smallest absolute Gasteiger partial charge is 0.197 e. The summed E-state index contributed by atoms with van der Waals surface area (Å²) in [6.07, 6.45) is 8.80. The first-order chi connectivity index (χ1) is 13.5. The molecule has 1 nitrogen and oxygen atoms in total. The van der Waals surface area contributed by atoms with Crippen molar-refractivity contribution in [3.05, 3.63) is 64.7 Å². The van der Waals surface area contributed by atoms with E-state index in [9.17, 15) is 17.6 Å². The fourth-order valence-electron chi connectivity index (χ4n) is 4.00. The number of unbranched alkanes of at least 4 members (excludes halogenated alkanes) is 1. The lowest BCUT2D eigenvalue weighted by molar-refractivity contribution is 0.291. The minimum Gasteiger partial charge on any atom is -0.489 e. The van der Waals surface area contributed by atoms with Crippen molar-refractivity contribution in [2.45, 2.75) is 64.4 Å². The van der Waals surface area contributed by atoms with Gasteiger partial charge in [-0.05, 0) is 61.3 Å². The van der Waals surface area contributed by atoms with E-state index in [0.717, 1.165) is 5.92 Å². The van der Waals surface area contributed by atoms with E-state index < -0.39 is 23.3 Å². The summed E-state index contributed by atoms with van der Waals surface area (Å²) in [5.74, 6) is -4.60. The highest BCUT2D eigenvalue weighted by atomic mass is 19.2. The monoisotopic (exact) mass is 394 g/mol. The average Bonchev–Trinajstić information content (AvgIpc) is 2.73. The Bertz CT molecular complexity index is 780. The van der Waals surface area contributed by atoms with Crippen LogP contribution in [-0.4, -0.2) is 0 Å². The summed E-state index contributed by atoms with van der Waals surface area (Å²) in [7, 11) is 0. The van der Waals surface area contributed by atoms with Crippen molar-refractivity contribution in [2.24, 2.45) is 5.92 Å². The summed E-state index contributed by atoms with van der Waals surface area (Å²) in [6.45, 7) is 1.86. The molecule has 3 rings (SSSR count). The van der Waals surface area contributed by atoms with Crippen molar-refractivity contribution in [1.82, 2.24) is 0 Å². The van der Waals surface area contributed by atoms with Crippen LogP contribution >= 0.6 is 0 Å². The number of halogens is 4. The highest BCUT2D eigenvalue weighted by Crippen LogP contribution is 2.38. The SMILES string of the molecule is CCCC[C@H]1CC[C@H](c2ccc(OCc3cc(F)c(F)c(F)c3F)cc2)CC1. The third-order valence-corrected chi connectivity index (χ3v) is 5.74. The van der Waals surface area contributed by atoms with Gasteiger partial charge < -0.3 is 4.74 Å². The van der Waals surface area contributed by atoms with Crippen LogP contribution in [0.5, 0.6) is 5.75 Å². The number of rotatable bonds is 7. The molecule has 28 heavy (non-hydrogen) atoms. The van der Waals surface area contributed by atoms with Gasteiger partial charge in [-0.25, -0.2) is 17.6 Å². The molecule has 0 amide bonds. The number of ether oxygens (including phenoxy) is 1. The zero-order valence-corrected chi connectivity index (χ0v) is 16.1. The van der Waals surface area contributed by atoms with Gasteiger partial charge in [0.2, 0.25) is 0 Å².